The van der Waals surface area contributed by atoms with Crippen LogP contribution in [0.1, 0.15) is 27.2 Å². The van der Waals surface area contributed by atoms with Gasteiger partial charge in [-0.3, -0.25) is 0 Å². The van der Waals surface area contributed by atoms with Crippen LogP contribution < -0.4 is 0 Å². The molecule has 0 amide bonds. The molecule has 0 radical (unpaired) electrons. The highest BCUT2D eigenvalue weighted by molar-refractivity contribution is 6.83. The summed E-state index contributed by atoms with van der Waals surface area (Å²) in [5.74, 6) is 3.26. The minimum atomic E-state index is -1.56. The third-order valence-corrected chi connectivity index (χ3v) is 8.42. The summed E-state index contributed by atoms with van der Waals surface area (Å²) >= 11 is 0. The molecule has 3 heteroatoms. The molecule has 0 aliphatic heterocycles. The first-order valence-corrected chi connectivity index (χ1v) is 12.5. The summed E-state index contributed by atoms with van der Waals surface area (Å²) in [4.78, 5) is 0. The molecule has 0 aliphatic carbocycles. The molecule has 1 nitrogen and oxygen atoms in total. The van der Waals surface area contributed by atoms with E-state index < -0.39 is 16.4 Å². The zero-order valence-corrected chi connectivity index (χ0v) is 14.3. The van der Waals surface area contributed by atoms with E-state index in [2.05, 4.69) is 65.0 Å². The monoisotopic (exact) mass is 256 g/mol. The summed E-state index contributed by atoms with van der Waals surface area (Å²) in [7, 11) is -2.75. The van der Waals surface area contributed by atoms with Gasteiger partial charge < -0.3 is 4.43 Å². The predicted molar refractivity (Wildman–Crippen MR) is 78.9 cm³/mol. The van der Waals surface area contributed by atoms with Crippen molar-refractivity contribution in [2.24, 2.45) is 0 Å². The van der Waals surface area contributed by atoms with E-state index in [9.17, 15) is 0 Å². The fraction of sp³-hybridized carbons (Fsp3) is 0.846. The van der Waals surface area contributed by atoms with Crippen LogP contribution in [0.3, 0.4) is 0 Å². The van der Waals surface area contributed by atoms with E-state index in [0.29, 0.717) is 5.04 Å². The van der Waals surface area contributed by atoms with Crippen molar-refractivity contribution >= 4 is 16.4 Å². The van der Waals surface area contributed by atoms with Crippen molar-refractivity contribution in [1.29, 1.82) is 0 Å². The third kappa shape index (κ3) is 6.52. The Labute approximate surface area is 104 Å². The fourth-order valence-corrected chi connectivity index (χ4v) is 2.60. The van der Waals surface area contributed by atoms with Crippen LogP contribution in [0.5, 0.6) is 0 Å². The van der Waals surface area contributed by atoms with Gasteiger partial charge in [0.25, 0.3) is 0 Å². The average Bonchev–Trinajstić information content (AvgIpc) is 1.98. The number of rotatable bonds is 3. The summed E-state index contributed by atoms with van der Waals surface area (Å²) in [5.41, 5.74) is 3.37. The van der Waals surface area contributed by atoms with Crippen molar-refractivity contribution in [3.05, 3.63) is 0 Å². The van der Waals surface area contributed by atoms with E-state index >= 15 is 0 Å². The van der Waals surface area contributed by atoms with Crippen molar-refractivity contribution in [2.45, 2.75) is 65.0 Å². The minimum Gasteiger partial charge on any atom is -0.416 e. The molecule has 0 saturated heterocycles. The summed E-state index contributed by atoms with van der Waals surface area (Å²) in [5, 5.41) is 0.305. The summed E-state index contributed by atoms with van der Waals surface area (Å²) in [6, 6.07) is 0. The smallest absolute Gasteiger partial charge is 0.192 e. The van der Waals surface area contributed by atoms with E-state index in [1.165, 1.54) is 0 Å². The van der Waals surface area contributed by atoms with Crippen LogP contribution in [0.2, 0.25) is 37.8 Å². The zero-order valence-electron chi connectivity index (χ0n) is 12.3. The summed E-state index contributed by atoms with van der Waals surface area (Å²) in [6.07, 6.45) is 0.886. The van der Waals surface area contributed by atoms with Crippen LogP contribution in [0.15, 0.2) is 0 Å². The molecular weight excluding hydrogens is 228 g/mol. The standard InChI is InChI=1S/C13H28OSi2/c1-13(2,3)16(7,8)14-11-9-10-12-15(4,5)6/h9,11H2,1-8H3. The van der Waals surface area contributed by atoms with Crippen molar-refractivity contribution in [3.63, 3.8) is 0 Å². The molecule has 0 atom stereocenters. The molecule has 16 heavy (non-hydrogen) atoms. The molecule has 0 saturated carbocycles. The first-order valence-electron chi connectivity index (χ1n) is 6.10. The molecule has 94 valence electrons. The molecule has 0 aromatic carbocycles. The predicted octanol–water partition coefficient (Wildman–Crippen LogP) is 4.28. The van der Waals surface area contributed by atoms with Gasteiger partial charge in [-0.1, -0.05) is 40.4 Å². The van der Waals surface area contributed by atoms with Gasteiger partial charge in [-0.05, 0) is 18.1 Å². The maximum Gasteiger partial charge on any atom is 0.192 e. The van der Waals surface area contributed by atoms with Gasteiger partial charge in [-0.25, -0.2) is 0 Å². The summed E-state index contributed by atoms with van der Waals surface area (Å²) < 4.78 is 6.06. The Morgan fingerprint density at radius 1 is 1.00 bits per heavy atom. The van der Waals surface area contributed by atoms with Crippen molar-refractivity contribution in [2.75, 3.05) is 6.61 Å². The Balaban J connectivity index is 4.05. The van der Waals surface area contributed by atoms with Crippen molar-refractivity contribution in [1.82, 2.24) is 0 Å². The normalized spacial score (nSPS) is 13.2. The van der Waals surface area contributed by atoms with E-state index in [1.54, 1.807) is 0 Å². The van der Waals surface area contributed by atoms with Gasteiger partial charge in [-0.2, -0.15) is 0 Å². The second-order valence-electron chi connectivity index (χ2n) is 6.91. The lowest BCUT2D eigenvalue weighted by Gasteiger charge is -2.35. The molecule has 0 fully saturated rings. The van der Waals surface area contributed by atoms with Crippen LogP contribution in [0.25, 0.3) is 0 Å². The quantitative estimate of drug-likeness (QED) is 0.416. The highest BCUT2D eigenvalue weighted by Gasteiger charge is 2.36. The highest BCUT2D eigenvalue weighted by Crippen LogP contribution is 2.36. The lowest BCUT2D eigenvalue weighted by molar-refractivity contribution is 0.296. The van der Waals surface area contributed by atoms with Crippen molar-refractivity contribution in [3.8, 4) is 11.5 Å². The lowest BCUT2D eigenvalue weighted by Crippen LogP contribution is -2.40. The molecular formula is C13H28OSi2. The largest absolute Gasteiger partial charge is 0.416 e. The van der Waals surface area contributed by atoms with Gasteiger partial charge in [0.1, 0.15) is 8.07 Å². The van der Waals surface area contributed by atoms with Gasteiger partial charge in [0, 0.05) is 13.0 Å². The fourth-order valence-electron chi connectivity index (χ4n) is 0.901. The second kappa shape index (κ2) is 5.53. The highest BCUT2D eigenvalue weighted by atomic mass is 28.4. The van der Waals surface area contributed by atoms with E-state index in [1.807, 2.05) is 0 Å². The summed E-state index contributed by atoms with van der Waals surface area (Å²) in [6.45, 7) is 19.0. The Kier molecular flexibility index (Phi) is 5.51. The first kappa shape index (κ1) is 16.0. The first-order chi connectivity index (χ1) is 6.96. The van der Waals surface area contributed by atoms with Crippen LogP contribution in [0, 0.1) is 11.5 Å². The molecule has 0 spiro atoms. The zero-order chi connectivity index (χ0) is 13.0. The lowest BCUT2D eigenvalue weighted by atomic mass is 10.2. The average molecular weight is 257 g/mol. The van der Waals surface area contributed by atoms with Crippen LogP contribution in [0.4, 0.5) is 0 Å². The number of hydrogen-bond acceptors (Lipinski definition) is 1. The SMILES string of the molecule is CC(C)(C)[Si](C)(C)OCCC#C[Si](C)(C)C. The van der Waals surface area contributed by atoms with Gasteiger partial charge in [0.2, 0.25) is 0 Å². The molecule has 0 N–H and O–H groups in total. The minimum absolute atomic E-state index is 0.305. The van der Waals surface area contributed by atoms with E-state index in [0.717, 1.165) is 13.0 Å². The Morgan fingerprint density at radius 2 is 1.50 bits per heavy atom. The van der Waals surface area contributed by atoms with Gasteiger partial charge in [-0.15, -0.1) is 11.5 Å². The Hall–Kier alpha value is -0.0462. The maximum absolute atomic E-state index is 6.06. The maximum atomic E-state index is 6.06. The van der Waals surface area contributed by atoms with Gasteiger partial charge >= 0.3 is 0 Å². The molecule has 0 unspecified atom stereocenters. The van der Waals surface area contributed by atoms with Gasteiger partial charge in [0.15, 0.2) is 8.32 Å². The third-order valence-electron chi connectivity index (χ3n) is 2.96. The second-order valence-corrected chi connectivity index (χ2v) is 16.5. The topological polar surface area (TPSA) is 9.23 Å². The molecule has 0 rings (SSSR count). The Morgan fingerprint density at radius 3 is 1.88 bits per heavy atom. The van der Waals surface area contributed by atoms with Crippen LogP contribution >= 0.6 is 0 Å². The van der Waals surface area contributed by atoms with Gasteiger partial charge in [0.05, 0.1) is 0 Å². The van der Waals surface area contributed by atoms with Crippen molar-refractivity contribution < 1.29 is 4.43 Å². The molecule has 0 aliphatic rings. The molecule has 0 aromatic rings. The van der Waals surface area contributed by atoms with E-state index in [-0.39, 0.29) is 0 Å². The molecule has 0 aromatic heterocycles. The molecule has 0 heterocycles. The Bertz CT molecular complexity index is 271. The van der Waals surface area contributed by atoms with E-state index in [4.69, 9.17) is 4.43 Å². The molecule has 0 bridgehead atoms. The number of hydrogen-bond donors (Lipinski definition) is 0. The van der Waals surface area contributed by atoms with Crippen LogP contribution in [-0.2, 0) is 4.43 Å². The van der Waals surface area contributed by atoms with Crippen LogP contribution in [-0.4, -0.2) is 23.0 Å².